The van der Waals surface area contributed by atoms with Crippen molar-refractivity contribution < 1.29 is 9.90 Å². The Kier molecular flexibility index (Phi) is 4.76. The summed E-state index contributed by atoms with van der Waals surface area (Å²) in [5.41, 5.74) is 0.907. The van der Waals surface area contributed by atoms with E-state index in [4.69, 9.17) is 5.11 Å². The lowest BCUT2D eigenvalue weighted by Crippen LogP contribution is -2.18. The fraction of sp³-hybridized carbons (Fsp3) is 0.500. The van der Waals surface area contributed by atoms with E-state index >= 15 is 0 Å². The number of pyridine rings is 1. The van der Waals surface area contributed by atoms with Crippen molar-refractivity contribution >= 4 is 11.7 Å². The van der Waals surface area contributed by atoms with Crippen LogP contribution in [0, 0.1) is 0 Å². The number of aromatic carboxylic acids is 1. The van der Waals surface area contributed by atoms with Crippen molar-refractivity contribution in [1.82, 2.24) is 4.98 Å². The number of carbonyl (C=O) groups is 1. The number of aromatic nitrogens is 1. The van der Waals surface area contributed by atoms with Crippen LogP contribution in [0.1, 0.15) is 43.6 Å². The number of anilines is 1. The standard InChI is InChI=1S/C12H18N2O2/c1-3-5-9(4-2)14-10-6-7-13-11(8-10)12(15)16/h6-9H,3-5H2,1-2H3,(H,13,14)(H,15,16). The molecule has 16 heavy (non-hydrogen) atoms. The molecule has 0 saturated carbocycles. The van der Waals surface area contributed by atoms with E-state index in [1.54, 1.807) is 12.1 Å². The molecule has 1 aromatic rings. The molecular weight excluding hydrogens is 204 g/mol. The summed E-state index contributed by atoms with van der Waals surface area (Å²) in [5.74, 6) is -0.993. The topological polar surface area (TPSA) is 62.2 Å². The van der Waals surface area contributed by atoms with Crippen LogP contribution >= 0.6 is 0 Å². The molecular formula is C12H18N2O2. The van der Waals surface area contributed by atoms with E-state index in [9.17, 15) is 4.79 Å². The molecule has 0 saturated heterocycles. The third kappa shape index (κ3) is 3.53. The summed E-state index contributed by atoms with van der Waals surface area (Å²) in [4.78, 5) is 14.5. The summed E-state index contributed by atoms with van der Waals surface area (Å²) < 4.78 is 0. The van der Waals surface area contributed by atoms with Gasteiger partial charge in [0.1, 0.15) is 5.69 Å². The Bertz CT molecular complexity index is 353. The van der Waals surface area contributed by atoms with Gasteiger partial charge in [0.05, 0.1) is 0 Å². The van der Waals surface area contributed by atoms with Crippen LogP contribution in [0.5, 0.6) is 0 Å². The lowest BCUT2D eigenvalue weighted by Gasteiger charge is -2.17. The molecule has 1 heterocycles. The van der Waals surface area contributed by atoms with Gasteiger partial charge in [-0.2, -0.15) is 0 Å². The molecule has 0 aliphatic rings. The van der Waals surface area contributed by atoms with Gasteiger partial charge in [0.2, 0.25) is 0 Å². The van der Waals surface area contributed by atoms with Gasteiger partial charge in [0.25, 0.3) is 0 Å². The van der Waals surface area contributed by atoms with Gasteiger partial charge in [-0.1, -0.05) is 20.3 Å². The maximum Gasteiger partial charge on any atom is 0.354 e. The highest BCUT2D eigenvalue weighted by Gasteiger charge is 2.08. The molecule has 2 N–H and O–H groups in total. The maximum atomic E-state index is 10.7. The fourth-order valence-electron chi connectivity index (χ4n) is 1.60. The van der Waals surface area contributed by atoms with Gasteiger partial charge in [-0.25, -0.2) is 9.78 Å². The molecule has 88 valence electrons. The third-order valence-corrected chi connectivity index (χ3v) is 2.48. The second kappa shape index (κ2) is 6.10. The van der Waals surface area contributed by atoms with E-state index in [1.807, 2.05) is 0 Å². The number of hydrogen-bond acceptors (Lipinski definition) is 3. The summed E-state index contributed by atoms with van der Waals surface area (Å²) in [7, 11) is 0. The van der Waals surface area contributed by atoms with Crippen molar-refractivity contribution in [3.8, 4) is 0 Å². The average Bonchev–Trinajstić information content (AvgIpc) is 2.29. The van der Waals surface area contributed by atoms with Gasteiger partial charge in [-0.05, 0) is 25.0 Å². The molecule has 4 nitrogen and oxygen atoms in total. The highest BCUT2D eigenvalue weighted by molar-refractivity contribution is 5.86. The minimum absolute atomic E-state index is 0.0800. The van der Waals surface area contributed by atoms with E-state index < -0.39 is 5.97 Å². The zero-order valence-electron chi connectivity index (χ0n) is 9.73. The van der Waals surface area contributed by atoms with Crippen LogP contribution in [0.2, 0.25) is 0 Å². The predicted octanol–water partition coefficient (Wildman–Crippen LogP) is 2.77. The molecule has 0 amide bonds. The van der Waals surface area contributed by atoms with Gasteiger partial charge in [-0.15, -0.1) is 0 Å². The van der Waals surface area contributed by atoms with Crippen LogP contribution in [0.3, 0.4) is 0 Å². The minimum Gasteiger partial charge on any atom is -0.477 e. The van der Waals surface area contributed by atoms with E-state index in [0.29, 0.717) is 6.04 Å². The molecule has 4 heteroatoms. The minimum atomic E-state index is -0.993. The highest BCUT2D eigenvalue weighted by Crippen LogP contribution is 2.13. The Morgan fingerprint density at radius 2 is 2.31 bits per heavy atom. The molecule has 0 aliphatic heterocycles. The first-order chi connectivity index (χ1) is 7.67. The van der Waals surface area contributed by atoms with Crippen LogP contribution in [0.25, 0.3) is 0 Å². The second-order valence-electron chi connectivity index (χ2n) is 3.77. The lowest BCUT2D eigenvalue weighted by atomic mass is 10.1. The van der Waals surface area contributed by atoms with Crippen LogP contribution < -0.4 is 5.32 Å². The molecule has 1 rings (SSSR count). The Balaban J connectivity index is 2.72. The van der Waals surface area contributed by atoms with Crippen LogP contribution in [-0.2, 0) is 0 Å². The van der Waals surface area contributed by atoms with Crippen LogP contribution in [0.4, 0.5) is 5.69 Å². The summed E-state index contributed by atoms with van der Waals surface area (Å²) in [6.45, 7) is 4.26. The number of rotatable bonds is 6. The predicted molar refractivity (Wildman–Crippen MR) is 63.8 cm³/mol. The van der Waals surface area contributed by atoms with E-state index in [1.165, 1.54) is 6.20 Å². The van der Waals surface area contributed by atoms with Gasteiger partial charge in [-0.3, -0.25) is 0 Å². The van der Waals surface area contributed by atoms with Gasteiger partial charge >= 0.3 is 5.97 Å². The number of hydrogen-bond donors (Lipinski definition) is 2. The molecule has 0 aromatic carbocycles. The summed E-state index contributed by atoms with van der Waals surface area (Å²) in [6, 6.07) is 3.76. The van der Waals surface area contributed by atoms with Crippen molar-refractivity contribution in [2.24, 2.45) is 0 Å². The molecule has 0 radical (unpaired) electrons. The maximum absolute atomic E-state index is 10.7. The largest absolute Gasteiger partial charge is 0.477 e. The van der Waals surface area contributed by atoms with Gasteiger partial charge < -0.3 is 10.4 Å². The number of carboxylic acids is 1. The molecule has 0 fully saturated rings. The third-order valence-electron chi connectivity index (χ3n) is 2.48. The smallest absolute Gasteiger partial charge is 0.354 e. The van der Waals surface area contributed by atoms with E-state index in [0.717, 1.165) is 24.9 Å². The van der Waals surface area contributed by atoms with E-state index in [-0.39, 0.29) is 5.69 Å². The van der Waals surface area contributed by atoms with Crippen molar-refractivity contribution in [1.29, 1.82) is 0 Å². The average molecular weight is 222 g/mol. The molecule has 1 unspecified atom stereocenters. The Morgan fingerprint density at radius 1 is 1.56 bits per heavy atom. The van der Waals surface area contributed by atoms with E-state index in [2.05, 4.69) is 24.1 Å². The van der Waals surface area contributed by atoms with Crippen molar-refractivity contribution in [2.75, 3.05) is 5.32 Å². The van der Waals surface area contributed by atoms with Crippen LogP contribution in [-0.4, -0.2) is 22.1 Å². The summed E-state index contributed by atoms with van der Waals surface area (Å²) in [6.07, 6.45) is 4.74. The monoisotopic (exact) mass is 222 g/mol. The quantitative estimate of drug-likeness (QED) is 0.777. The Labute approximate surface area is 95.7 Å². The van der Waals surface area contributed by atoms with Crippen LogP contribution in [0.15, 0.2) is 18.3 Å². The first kappa shape index (κ1) is 12.5. The fourth-order valence-corrected chi connectivity index (χ4v) is 1.60. The second-order valence-corrected chi connectivity index (χ2v) is 3.77. The summed E-state index contributed by atoms with van der Waals surface area (Å²) in [5, 5.41) is 12.1. The SMILES string of the molecule is CCCC(CC)Nc1ccnc(C(=O)O)c1. The Morgan fingerprint density at radius 3 is 2.88 bits per heavy atom. The molecule has 0 aliphatic carbocycles. The molecule has 0 spiro atoms. The Hall–Kier alpha value is -1.58. The molecule has 0 bridgehead atoms. The molecule has 1 aromatic heterocycles. The first-order valence-corrected chi connectivity index (χ1v) is 5.63. The summed E-state index contributed by atoms with van der Waals surface area (Å²) >= 11 is 0. The molecule has 1 atom stereocenters. The number of nitrogens with zero attached hydrogens (tertiary/aromatic N) is 1. The van der Waals surface area contributed by atoms with Crippen molar-refractivity contribution in [2.45, 2.75) is 39.2 Å². The highest BCUT2D eigenvalue weighted by atomic mass is 16.4. The van der Waals surface area contributed by atoms with Gasteiger partial charge in [0, 0.05) is 17.9 Å². The van der Waals surface area contributed by atoms with Gasteiger partial charge in [0.15, 0.2) is 0 Å². The van der Waals surface area contributed by atoms with Crippen molar-refractivity contribution in [3.05, 3.63) is 24.0 Å². The normalized spacial score (nSPS) is 12.1. The number of nitrogens with one attached hydrogen (secondary N) is 1. The number of carboxylic acid groups (broad SMARTS) is 1. The lowest BCUT2D eigenvalue weighted by molar-refractivity contribution is 0.0690. The first-order valence-electron chi connectivity index (χ1n) is 5.63. The van der Waals surface area contributed by atoms with Crippen molar-refractivity contribution in [3.63, 3.8) is 0 Å². The zero-order valence-corrected chi connectivity index (χ0v) is 9.73. The zero-order chi connectivity index (χ0) is 12.0.